The Morgan fingerprint density at radius 3 is 2.56 bits per heavy atom. The second-order valence-electron chi connectivity index (χ2n) is 5.39. The maximum absolute atomic E-state index is 12.0. The molecule has 1 amide bonds. The van der Waals surface area contributed by atoms with Crippen LogP contribution in [0.3, 0.4) is 0 Å². The van der Waals surface area contributed by atoms with Crippen molar-refractivity contribution in [2.75, 3.05) is 0 Å². The van der Waals surface area contributed by atoms with Crippen molar-refractivity contribution in [2.24, 2.45) is 16.9 Å². The normalized spacial score (nSPS) is 29.8. The molecule has 0 heterocycles. The van der Waals surface area contributed by atoms with Crippen LogP contribution in [-0.4, -0.2) is 11.9 Å². The summed E-state index contributed by atoms with van der Waals surface area (Å²) in [5, 5.41) is 0. The summed E-state index contributed by atoms with van der Waals surface area (Å²) in [5.41, 5.74) is 12.5. The molecule has 1 aliphatic rings. The molecule has 1 saturated carbocycles. The lowest BCUT2D eigenvalue weighted by Crippen LogP contribution is -2.55. The molecule has 1 aromatic carbocycles. The third-order valence-corrected chi connectivity index (χ3v) is 4.55. The highest BCUT2D eigenvalue weighted by Crippen LogP contribution is 2.46. The highest BCUT2D eigenvalue weighted by molar-refractivity contribution is 5.83. The summed E-state index contributed by atoms with van der Waals surface area (Å²) in [7, 11) is 0. The van der Waals surface area contributed by atoms with E-state index in [0.29, 0.717) is 0 Å². The number of carbonyl (C=O) groups is 1. The fourth-order valence-electron chi connectivity index (χ4n) is 3.32. The Morgan fingerprint density at radius 1 is 1.33 bits per heavy atom. The SMILES string of the molecule is CC(c1ccccc1)C1(C(N)=O)CCCCC1N. The van der Waals surface area contributed by atoms with Crippen molar-refractivity contribution in [2.45, 2.75) is 44.6 Å². The minimum absolute atomic E-state index is 0.0755. The van der Waals surface area contributed by atoms with Crippen molar-refractivity contribution in [3.05, 3.63) is 35.9 Å². The van der Waals surface area contributed by atoms with Crippen LogP contribution in [0.5, 0.6) is 0 Å². The van der Waals surface area contributed by atoms with Crippen LogP contribution in [0.15, 0.2) is 30.3 Å². The van der Waals surface area contributed by atoms with Gasteiger partial charge in [0.25, 0.3) is 0 Å². The topological polar surface area (TPSA) is 69.1 Å². The van der Waals surface area contributed by atoms with Gasteiger partial charge in [0, 0.05) is 6.04 Å². The maximum Gasteiger partial charge on any atom is 0.225 e. The fraction of sp³-hybridized carbons (Fsp3) is 0.533. The Labute approximate surface area is 109 Å². The number of rotatable bonds is 3. The first-order valence-electron chi connectivity index (χ1n) is 6.69. The summed E-state index contributed by atoms with van der Waals surface area (Å²) in [6.45, 7) is 2.07. The summed E-state index contributed by atoms with van der Waals surface area (Å²) in [6, 6.07) is 9.95. The Bertz CT molecular complexity index is 418. The van der Waals surface area contributed by atoms with E-state index in [2.05, 4.69) is 19.1 Å². The van der Waals surface area contributed by atoms with E-state index < -0.39 is 5.41 Å². The summed E-state index contributed by atoms with van der Waals surface area (Å²) >= 11 is 0. The molecule has 3 unspecified atom stereocenters. The molecule has 0 spiro atoms. The fourth-order valence-corrected chi connectivity index (χ4v) is 3.32. The molecule has 3 nitrogen and oxygen atoms in total. The van der Waals surface area contributed by atoms with Gasteiger partial charge in [-0.25, -0.2) is 0 Å². The number of nitrogens with two attached hydrogens (primary N) is 2. The molecular formula is C15H22N2O. The van der Waals surface area contributed by atoms with Gasteiger partial charge in [0.15, 0.2) is 0 Å². The zero-order chi connectivity index (χ0) is 13.2. The highest BCUT2D eigenvalue weighted by Gasteiger charge is 2.48. The molecular weight excluding hydrogens is 224 g/mol. The molecule has 2 rings (SSSR count). The molecule has 3 heteroatoms. The van der Waals surface area contributed by atoms with Crippen molar-refractivity contribution >= 4 is 5.91 Å². The Balaban J connectivity index is 2.38. The third kappa shape index (κ3) is 2.03. The number of hydrogen-bond donors (Lipinski definition) is 2. The van der Waals surface area contributed by atoms with Gasteiger partial charge in [-0.2, -0.15) is 0 Å². The zero-order valence-corrected chi connectivity index (χ0v) is 10.9. The second kappa shape index (κ2) is 5.11. The van der Waals surface area contributed by atoms with E-state index in [1.54, 1.807) is 0 Å². The molecule has 1 aliphatic carbocycles. The Kier molecular flexibility index (Phi) is 3.71. The first-order chi connectivity index (χ1) is 8.59. The number of primary amides is 1. The van der Waals surface area contributed by atoms with Gasteiger partial charge < -0.3 is 11.5 Å². The van der Waals surface area contributed by atoms with Gasteiger partial charge in [0.1, 0.15) is 0 Å². The third-order valence-electron chi connectivity index (χ3n) is 4.55. The highest BCUT2D eigenvalue weighted by atomic mass is 16.1. The summed E-state index contributed by atoms with van der Waals surface area (Å²) in [4.78, 5) is 12.0. The average molecular weight is 246 g/mol. The van der Waals surface area contributed by atoms with Crippen LogP contribution in [0.25, 0.3) is 0 Å². The van der Waals surface area contributed by atoms with Gasteiger partial charge in [0.2, 0.25) is 5.91 Å². The van der Waals surface area contributed by atoms with Gasteiger partial charge >= 0.3 is 0 Å². The number of benzene rings is 1. The van der Waals surface area contributed by atoms with Gasteiger partial charge in [-0.1, -0.05) is 50.1 Å². The van der Waals surface area contributed by atoms with Gasteiger partial charge in [0.05, 0.1) is 5.41 Å². The molecule has 18 heavy (non-hydrogen) atoms. The molecule has 1 aromatic rings. The largest absolute Gasteiger partial charge is 0.369 e. The van der Waals surface area contributed by atoms with Crippen LogP contribution >= 0.6 is 0 Å². The van der Waals surface area contributed by atoms with Crippen molar-refractivity contribution in [3.8, 4) is 0 Å². The van der Waals surface area contributed by atoms with Crippen LogP contribution in [-0.2, 0) is 4.79 Å². The number of amides is 1. The predicted octanol–water partition coefficient (Wildman–Crippen LogP) is 2.16. The summed E-state index contributed by atoms with van der Waals surface area (Å²) < 4.78 is 0. The minimum Gasteiger partial charge on any atom is -0.369 e. The van der Waals surface area contributed by atoms with E-state index in [9.17, 15) is 4.79 Å². The van der Waals surface area contributed by atoms with Crippen LogP contribution < -0.4 is 11.5 Å². The monoisotopic (exact) mass is 246 g/mol. The lowest BCUT2D eigenvalue weighted by Gasteiger charge is -2.44. The van der Waals surface area contributed by atoms with Gasteiger partial charge in [-0.15, -0.1) is 0 Å². The standard InChI is InChI=1S/C15H22N2O/c1-11(12-7-3-2-4-8-12)15(14(17)18)10-6-5-9-13(15)16/h2-4,7-8,11,13H,5-6,9-10,16H2,1H3,(H2,17,18). The molecule has 4 N–H and O–H groups in total. The Hall–Kier alpha value is -1.35. The van der Waals surface area contributed by atoms with Crippen molar-refractivity contribution in [3.63, 3.8) is 0 Å². The van der Waals surface area contributed by atoms with Crippen LogP contribution in [0.2, 0.25) is 0 Å². The smallest absolute Gasteiger partial charge is 0.225 e. The quantitative estimate of drug-likeness (QED) is 0.858. The van der Waals surface area contributed by atoms with Crippen LogP contribution in [0.1, 0.15) is 44.1 Å². The molecule has 0 aliphatic heterocycles. The van der Waals surface area contributed by atoms with E-state index in [4.69, 9.17) is 11.5 Å². The van der Waals surface area contributed by atoms with Crippen LogP contribution in [0.4, 0.5) is 0 Å². The van der Waals surface area contributed by atoms with Gasteiger partial charge in [-0.05, 0) is 24.3 Å². The van der Waals surface area contributed by atoms with Crippen molar-refractivity contribution < 1.29 is 4.79 Å². The molecule has 0 radical (unpaired) electrons. The minimum atomic E-state index is -0.584. The molecule has 0 saturated heterocycles. The molecule has 3 atom stereocenters. The Morgan fingerprint density at radius 2 is 2.00 bits per heavy atom. The molecule has 98 valence electrons. The summed E-state index contributed by atoms with van der Waals surface area (Å²) in [6.07, 6.45) is 3.82. The molecule has 1 fully saturated rings. The van der Waals surface area contributed by atoms with Crippen molar-refractivity contribution in [1.29, 1.82) is 0 Å². The zero-order valence-electron chi connectivity index (χ0n) is 10.9. The number of carbonyl (C=O) groups excluding carboxylic acids is 1. The second-order valence-corrected chi connectivity index (χ2v) is 5.39. The van der Waals surface area contributed by atoms with Crippen LogP contribution in [0, 0.1) is 5.41 Å². The first kappa shape index (κ1) is 13.1. The lowest BCUT2D eigenvalue weighted by molar-refractivity contribution is -0.132. The lowest BCUT2D eigenvalue weighted by atomic mass is 9.61. The maximum atomic E-state index is 12.0. The number of hydrogen-bond acceptors (Lipinski definition) is 2. The average Bonchev–Trinajstić information content (AvgIpc) is 2.39. The van der Waals surface area contributed by atoms with E-state index >= 15 is 0 Å². The summed E-state index contributed by atoms with van der Waals surface area (Å²) in [5.74, 6) is -0.169. The first-order valence-corrected chi connectivity index (χ1v) is 6.69. The molecule has 0 bridgehead atoms. The van der Waals surface area contributed by atoms with E-state index in [1.165, 1.54) is 0 Å². The van der Waals surface area contributed by atoms with Gasteiger partial charge in [-0.3, -0.25) is 4.79 Å². The predicted molar refractivity (Wildman–Crippen MR) is 72.9 cm³/mol. The molecule has 0 aromatic heterocycles. The van der Waals surface area contributed by atoms with E-state index in [-0.39, 0.29) is 17.9 Å². The van der Waals surface area contributed by atoms with E-state index in [1.807, 2.05) is 18.2 Å². The van der Waals surface area contributed by atoms with Crippen molar-refractivity contribution in [1.82, 2.24) is 0 Å². The van der Waals surface area contributed by atoms with E-state index in [0.717, 1.165) is 31.2 Å².